The summed E-state index contributed by atoms with van der Waals surface area (Å²) in [7, 11) is 0. The lowest BCUT2D eigenvalue weighted by molar-refractivity contribution is 0.0696. The number of carboxylic acids is 1. The smallest absolute Gasteiger partial charge is 0.335 e. The predicted octanol–water partition coefficient (Wildman–Crippen LogP) is 2.23. The quantitative estimate of drug-likeness (QED) is 0.782. The molecule has 1 amide bonds. The normalized spacial score (nSPS) is 9.89. The number of hydrogen-bond donors (Lipinski definition) is 3. The van der Waals surface area contributed by atoms with Crippen molar-refractivity contribution in [2.75, 3.05) is 5.32 Å². The van der Waals surface area contributed by atoms with Crippen molar-refractivity contribution >= 4 is 23.3 Å². The monoisotopic (exact) mass is 256 g/mol. The molecule has 19 heavy (non-hydrogen) atoms. The number of hydrogen-bond acceptors (Lipinski definition) is 3. The zero-order chi connectivity index (χ0) is 13.8. The summed E-state index contributed by atoms with van der Waals surface area (Å²) in [6.07, 6.45) is 0. The van der Waals surface area contributed by atoms with Gasteiger partial charge in [-0.3, -0.25) is 4.79 Å². The maximum atomic E-state index is 10.9. The molecule has 0 bridgehead atoms. The molecule has 5 heteroatoms. The highest BCUT2D eigenvalue weighted by Crippen LogP contribution is 2.17. The molecule has 2 rings (SSSR count). The molecule has 4 N–H and O–H groups in total. The molecule has 0 spiro atoms. The second kappa shape index (κ2) is 5.22. The Labute approximate surface area is 109 Å². The fraction of sp³-hybridized carbons (Fsp3) is 0. The minimum absolute atomic E-state index is 0.231. The fourth-order valence-corrected chi connectivity index (χ4v) is 1.58. The van der Waals surface area contributed by atoms with Gasteiger partial charge in [0, 0.05) is 16.9 Å². The average Bonchev–Trinajstić information content (AvgIpc) is 2.40. The van der Waals surface area contributed by atoms with Gasteiger partial charge >= 0.3 is 5.97 Å². The van der Waals surface area contributed by atoms with Gasteiger partial charge in [-0.15, -0.1) is 0 Å². The standard InChI is InChI=1S/C14H12N2O3/c15-13(17)9-1-5-11(6-2-9)16-12-7-3-10(4-8-12)14(18)19/h1-8,16H,(H2,15,17)(H,18,19). The van der Waals surface area contributed by atoms with Crippen LogP contribution in [0, 0.1) is 0 Å². The lowest BCUT2D eigenvalue weighted by Gasteiger charge is -2.07. The number of primary amides is 1. The number of nitrogens with one attached hydrogen (secondary N) is 1. The molecule has 0 heterocycles. The maximum absolute atomic E-state index is 10.9. The van der Waals surface area contributed by atoms with E-state index in [0.717, 1.165) is 11.4 Å². The fourth-order valence-electron chi connectivity index (χ4n) is 1.58. The van der Waals surface area contributed by atoms with Crippen molar-refractivity contribution in [2.45, 2.75) is 0 Å². The largest absolute Gasteiger partial charge is 0.478 e. The summed E-state index contributed by atoms with van der Waals surface area (Å²) in [6.45, 7) is 0. The van der Waals surface area contributed by atoms with Crippen LogP contribution in [0.15, 0.2) is 48.5 Å². The van der Waals surface area contributed by atoms with Gasteiger partial charge in [0.05, 0.1) is 5.56 Å². The lowest BCUT2D eigenvalue weighted by Crippen LogP contribution is -2.10. The van der Waals surface area contributed by atoms with E-state index in [0.29, 0.717) is 5.56 Å². The number of carboxylic acid groups (broad SMARTS) is 1. The molecule has 96 valence electrons. The van der Waals surface area contributed by atoms with Crippen LogP contribution in [0.5, 0.6) is 0 Å². The molecular formula is C14H12N2O3. The number of carbonyl (C=O) groups excluding carboxylic acids is 1. The van der Waals surface area contributed by atoms with E-state index in [9.17, 15) is 9.59 Å². The summed E-state index contributed by atoms with van der Waals surface area (Å²) >= 11 is 0. The molecular weight excluding hydrogens is 244 g/mol. The molecule has 0 saturated carbocycles. The van der Waals surface area contributed by atoms with Gasteiger partial charge in [0.15, 0.2) is 0 Å². The molecule has 5 nitrogen and oxygen atoms in total. The van der Waals surface area contributed by atoms with E-state index in [-0.39, 0.29) is 5.56 Å². The van der Waals surface area contributed by atoms with E-state index in [1.165, 1.54) is 12.1 Å². The van der Waals surface area contributed by atoms with Crippen LogP contribution in [0.2, 0.25) is 0 Å². The number of aromatic carboxylic acids is 1. The Balaban J connectivity index is 2.12. The second-order valence-corrected chi connectivity index (χ2v) is 3.95. The average molecular weight is 256 g/mol. The van der Waals surface area contributed by atoms with Crippen LogP contribution in [-0.2, 0) is 0 Å². The highest BCUT2D eigenvalue weighted by molar-refractivity contribution is 5.93. The van der Waals surface area contributed by atoms with Crippen molar-refractivity contribution in [1.82, 2.24) is 0 Å². The zero-order valence-corrected chi connectivity index (χ0v) is 9.96. The van der Waals surface area contributed by atoms with E-state index in [1.807, 2.05) is 0 Å². The highest BCUT2D eigenvalue weighted by Gasteiger charge is 2.03. The number of carbonyl (C=O) groups is 2. The summed E-state index contributed by atoms with van der Waals surface area (Å²) in [5, 5.41) is 11.9. The highest BCUT2D eigenvalue weighted by atomic mass is 16.4. The van der Waals surface area contributed by atoms with E-state index < -0.39 is 11.9 Å². The van der Waals surface area contributed by atoms with Crippen molar-refractivity contribution in [3.63, 3.8) is 0 Å². The number of anilines is 2. The first kappa shape index (κ1) is 12.6. The Morgan fingerprint density at radius 3 is 1.63 bits per heavy atom. The van der Waals surface area contributed by atoms with Crippen molar-refractivity contribution < 1.29 is 14.7 Å². The molecule has 0 radical (unpaired) electrons. The summed E-state index contributed by atoms with van der Waals surface area (Å²) in [6, 6.07) is 13.1. The van der Waals surface area contributed by atoms with E-state index >= 15 is 0 Å². The van der Waals surface area contributed by atoms with Gasteiger partial charge in [-0.25, -0.2) is 4.79 Å². The Morgan fingerprint density at radius 2 is 1.26 bits per heavy atom. The maximum Gasteiger partial charge on any atom is 0.335 e. The van der Waals surface area contributed by atoms with Gasteiger partial charge in [-0.05, 0) is 48.5 Å². The SMILES string of the molecule is NC(=O)c1ccc(Nc2ccc(C(=O)O)cc2)cc1. The number of rotatable bonds is 4. The van der Waals surface area contributed by atoms with Crippen molar-refractivity contribution in [3.05, 3.63) is 59.7 Å². The minimum atomic E-state index is -0.961. The molecule has 0 unspecified atom stereocenters. The van der Waals surface area contributed by atoms with Crippen molar-refractivity contribution in [1.29, 1.82) is 0 Å². The Morgan fingerprint density at radius 1 is 0.842 bits per heavy atom. The van der Waals surface area contributed by atoms with Crippen LogP contribution in [0.25, 0.3) is 0 Å². The van der Waals surface area contributed by atoms with Crippen molar-refractivity contribution in [2.24, 2.45) is 5.73 Å². The summed E-state index contributed by atoms with van der Waals surface area (Å²) in [5.74, 6) is -1.44. The molecule has 0 aliphatic rings. The molecule has 2 aromatic rings. The van der Waals surface area contributed by atoms with Crippen LogP contribution in [0.3, 0.4) is 0 Å². The molecule has 0 aliphatic carbocycles. The van der Waals surface area contributed by atoms with Crippen molar-refractivity contribution in [3.8, 4) is 0 Å². The molecule has 0 aromatic heterocycles. The van der Waals surface area contributed by atoms with Crippen LogP contribution >= 0.6 is 0 Å². The van der Waals surface area contributed by atoms with E-state index in [2.05, 4.69) is 5.32 Å². The summed E-state index contributed by atoms with van der Waals surface area (Å²) in [4.78, 5) is 21.6. The third-order valence-electron chi connectivity index (χ3n) is 2.59. The second-order valence-electron chi connectivity index (χ2n) is 3.95. The number of nitrogens with two attached hydrogens (primary N) is 1. The molecule has 0 atom stereocenters. The molecule has 0 aliphatic heterocycles. The molecule has 0 fully saturated rings. The van der Waals surface area contributed by atoms with E-state index in [4.69, 9.17) is 10.8 Å². The first-order valence-electron chi connectivity index (χ1n) is 5.56. The first-order chi connectivity index (χ1) is 9.06. The van der Waals surface area contributed by atoms with Gasteiger partial charge in [-0.2, -0.15) is 0 Å². The zero-order valence-electron chi connectivity index (χ0n) is 9.96. The van der Waals surface area contributed by atoms with Gasteiger partial charge in [0.2, 0.25) is 5.91 Å². The Kier molecular flexibility index (Phi) is 3.47. The van der Waals surface area contributed by atoms with Crippen LogP contribution < -0.4 is 11.1 Å². The Hall–Kier alpha value is -2.82. The third-order valence-corrected chi connectivity index (χ3v) is 2.59. The van der Waals surface area contributed by atoms with Crippen LogP contribution in [-0.4, -0.2) is 17.0 Å². The predicted molar refractivity (Wildman–Crippen MR) is 71.6 cm³/mol. The molecule has 0 saturated heterocycles. The lowest BCUT2D eigenvalue weighted by atomic mass is 10.2. The summed E-state index contributed by atoms with van der Waals surface area (Å²) < 4.78 is 0. The van der Waals surface area contributed by atoms with Gasteiger partial charge in [-0.1, -0.05) is 0 Å². The van der Waals surface area contributed by atoms with Gasteiger partial charge in [0.25, 0.3) is 0 Å². The number of benzene rings is 2. The Bertz CT molecular complexity index is 548. The van der Waals surface area contributed by atoms with Crippen LogP contribution in [0.4, 0.5) is 11.4 Å². The molecule has 2 aromatic carbocycles. The first-order valence-corrected chi connectivity index (χ1v) is 5.56. The number of amides is 1. The minimum Gasteiger partial charge on any atom is -0.478 e. The third kappa shape index (κ3) is 3.10. The van der Waals surface area contributed by atoms with Crippen LogP contribution in [0.1, 0.15) is 20.7 Å². The van der Waals surface area contributed by atoms with Gasteiger partial charge < -0.3 is 16.2 Å². The van der Waals surface area contributed by atoms with E-state index in [1.54, 1.807) is 36.4 Å². The van der Waals surface area contributed by atoms with Gasteiger partial charge in [0.1, 0.15) is 0 Å². The summed E-state index contributed by atoms with van der Waals surface area (Å²) in [5.41, 5.74) is 7.36. The topological polar surface area (TPSA) is 92.4 Å².